The van der Waals surface area contributed by atoms with Crippen molar-refractivity contribution in [2.24, 2.45) is 5.92 Å². The van der Waals surface area contributed by atoms with Gasteiger partial charge in [-0.2, -0.15) is 26.3 Å². The van der Waals surface area contributed by atoms with Crippen LogP contribution in [-0.4, -0.2) is 66.3 Å². The SMILES string of the molecule is CC[C@@H]1C[C@H](CN(Cc2cc(C(F)(F)F)cc(C(F)(F)F)c2)C(=O)OC)C[C@H](CC(=O)NC)N1C(=O)OC(C)(C)C. The van der Waals surface area contributed by atoms with Gasteiger partial charge in [-0.25, -0.2) is 9.59 Å². The zero-order valence-electron chi connectivity index (χ0n) is 23.9. The van der Waals surface area contributed by atoms with Crippen LogP contribution >= 0.6 is 0 Å². The average Bonchev–Trinajstić information content (AvgIpc) is 2.85. The molecular formula is C27H37F6N3O5. The number of rotatable bonds is 7. The zero-order valence-corrected chi connectivity index (χ0v) is 23.9. The van der Waals surface area contributed by atoms with E-state index in [4.69, 9.17) is 9.47 Å². The molecule has 1 N–H and O–H groups in total. The second-order valence-corrected chi connectivity index (χ2v) is 11.1. The summed E-state index contributed by atoms with van der Waals surface area (Å²) >= 11 is 0. The fourth-order valence-electron chi connectivity index (χ4n) is 4.99. The lowest BCUT2D eigenvalue weighted by atomic mass is 9.83. The summed E-state index contributed by atoms with van der Waals surface area (Å²) < 4.78 is 90.7. The highest BCUT2D eigenvalue weighted by atomic mass is 19.4. The van der Waals surface area contributed by atoms with Crippen molar-refractivity contribution < 1.29 is 50.2 Å². The van der Waals surface area contributed by atoms with E-state index in [2.05, 4.69) is 5.32 Å². The normalized spacial score (nSPS) is 19.9. The van der Waals surface area contributed by atoms with Crippen LogP contribution in [0.3, 0.4) is 0 Å². The molecule has 1 heterocycles. The van der Waals surface area contributed by atoms with Crippen LogP contribution in [0.1, 0.15) is 70.1 Å². The Kier molecular flexibility index (Phi) is 10.9. The first-order chi connectivity index (χ1) is 18.8. The van der Waals surface area contributed by atoms with Gasteiger partial charge in [0.05, 0.1) is 18.2 Å². The van der Waals surface area contributed by atoms with Gasteiger partial charge in [0, 0.05) is 38.6 Å². The Morgan fingerprint density at radius 2 is 1.51 bits per heavy atom. The van der Waals surface area contributed by atoms with Crippen molar-refractivity contribution in [2.45, 2.75) is 90.0 Å². The molecule has 0 bridgehead atoms. The first-order valence-electron chi connectivity index (χ1n) is 13.1. The number of carbonyl (C=O) groups excluding carboxylic acids is 3. The lowest BCUT2D eigenvalue weighted by Crippen LogP contribution is -2.55. The van der Waals surface area contributed by atoms with E-state index in [1.54, 1.807) is 20.8 Å². The highest BCUT2D eigenvalue weighted by Gasteiger charge is 2.42. The number of hydrogen-bond acceptors (Lipinski definition) is 5. The Balaban J connectivity index is 2.41. The van der Waals surface area contributed by atoms with Crippen molar-refractivity contribution in [3.8, 4) is 0 Å². The van der Waals surface area contributed by atoms with Crippen LogP contribution in [-0.2, 0) is 33.2 Å². The van der Waals surface area contributed by atoms with Crippen molar-refractivity contribution in [1.29, 1.82) is 0 Å². The lowest BCUT2D eigenvalue weighted by Gasteiger charge is -2.46. The second kappa shape index (κ2) is 13.2. The van der Waals surface area contributed by atoms with E-state index in [-0.39, 0.29) is 42.8 Å². The lowest BCUT2D eigenvalue weighted by molar-refractivity contribution is -0.143. The summed E-state index contributed by atoms with van der Waals surface area (Å²) in [6.07, 6.45) is -10.6. The number of carbonyl (C=O) groups is 3. The van der Waals surface area contributed by atoms with Crippen LogP contribution in [0, 0.1) is 5.92 Å². The van der Waals surface area contributed by atoms with Crippen LogP contribution < -0.4 is 5.32 Å². The standard InChI is InChI=1S/C27H37F6N3O5/c1-7-20-10-17(11-21(13-22(37)34-5)36(20)24(39)41-25(2,3)4)15-35(23(38)40-6)14-16-8-18(26(28,29)30)12-19(9-16)27(31,32)33/h8-9,12,17,20-21H,7,10-11,13-15H2,1-6H3,(H,34,37)/t17-,20+,21+/m0/s1. The van der Waals surface area contributed by atoms with Gasteiger partial charge in [-0.15, -0.1) is 0 Å². The number of methoxy groups -OCH3 is 1. The van der Waals surface area contributed by atoms with Gasteiger partial charge in [0.15, 0.2) is 0 Å². The van der Waals surface area contributed by atoms with Gasteiger partial charge in [0.1, 0.15) is 5.60 Å². The molecule has 232 valence electrons. The number of likely N-dealkylation sites (tertiary alicyclic amines) is 1. The molecule has 0 aliphatic carbocycles. The predicted molar refractivity (Wildman–Crippen MR) is 137 cm³/mol. The molecule has 0 saturated carbocycles. The summed E-state index contributed by atoms with van der Waals surface area (Å²) in [4.78, 5) is 40.6. The molecular weight excluding hydrogens is 560 g/mol. The number of hydrogen-bond donors (Lipinski definition) is 1. The number of halogens is 6. The smallest absolute Gasteiger partial charge is 0.416 e. The van der Waals surface area contributed by atoms with E-state index in [0.717, 1.165) is 12.0 Å². The molecule has 1 aliphatic rings. The van der Waals surface area contributed by atoms with Gasteiger partial charge in [-0.05, 0) is 69.7 Å². The molecule has 1 aromatic rings. The molecule has 41 heavy (non-hydrogen) atoms. The van der Waals surface area contributed by atoms with E-state index in [0.29, 0.717) is 25.0 Å². The first kappa shape index (κ1) is 34.0. The highest BCUT2D eigenvalue weighted by molar-refractivity contribution is 5.77. The third kappa shape index (κ3) is 9.70. The van der Waals surface area contributed by atoms with E-state index >= 15 is 0 Å². The summed E-state index contributed by atoms with van der Waals surface area (Å²) in [5.74, 6) is -0.701. The maximum absolute atomic E-state index is 13.4. The Bertz CT molecular complexity index is 1050. The third-order valence-corrected chi connectivity index (χ3v) is 6.71. The van der Waals surface area contributed by atoms with Crippen molar-refractivity contribution in [3.63, 3.8) is 0 Å². The minimum absolute atomic E-state index is 0.0214. The number of ether oxygens (including phenoxy) is 2. The Hall–Kier alpha value is -3.19. The topological polar surface area (TPSA) is 88.2 Å². The van der Waals surface area contributed by atoms with Crippen LogP contribution in [0.5, 0.6) is 0 Å². The summed E-state index contributed by atoms with van der Waals surface area (Å²) in [6, 6.07) is 0.133. The van der Waals surface area contributed by atoms with E-state index in [9.17, 15) is 40.7 Å². The minimum Gasteiger partial charge on any atom is -0.453 e. The van der Waals surface area contributed by atoms with Crippen molar-refractivity contribution >= 4 is 18.1 Å². The molecule has 0 spiro atoms. The number of benzene rings is 1. The number of amides is 3. The maximum Gasteiger partial charge on any atom is 0.416 e. The fourth-order valence-corrected chi connectivity index (χ4v) is 4.99. The summed E-state index contributed by atoms with van der Waals surface area (Å²) in [7, 11) is 2.50. The molecule has 0 aromatic heterocycles. The van der Waals surface area contributed by atoms with Crippen molar-refractivity contribution in [1.82, 2.24) is 15.1 Å². The Labute approximate surface area is 235 Å². The van der Waals surface area contributed by atoms with E-state index < -0.39 is 59.9 Å². The number of nitrogens with one attached hydrogen (secondary N) is 1. The monoisotopic (exact) mass is 597 g/mol. The van der Waals surface area contributed by atoms with Gasteiger partial charge < -0.3 is 24.6 Å². The average molecular weight is 598 g/mol. The van der Waals surface area contributed by atoms with Gasteiger partial charge >= 0.3 is 24.5 Å². The molecule has 1 fully saturated rings. The number of alkyl halides is 6. The highest BCUT2D eigenvalue weighted by Crippen LogP contribution is 2.37. The summed E-state index contributed by atoms with van der Waals surface area (Å²) in [5, 5.41) is 2.52. The van der Waals surface area contributed by atoms with Gasteiger partial charge in [-0.1, -0.05) is 6.92 Å². The molecule has 8 nitrogen and oxygen atoms in total. The van der Waals surface area contributed by atoms with Gasteiger partial charge in [0.2, 0.25) is 5.91 Å². The molecule has 3 amide bonds. The predicted octanol–water partition coefficient (Wildman–Crippen LogP) is 6.22. The summed E-state index contributed by atoms with van der Waals surface area (Å²) in [6.45, 7) is 6.28. The molecule has 1 saturated heterocycles. The number of piperidine rings is 1. The van der Waals surface area contributed by atoms with Crippen LogP contribution in [0.15, 0.2) is 18.2 Å². The van der Waals surface area contributed by atoms with E-state index in [1.165, 1.54) is 11.9 Å². The fraction of sp³-hybridized carbons (Fsp3) is 0.667. The Morgan fingerprint density at radius 1 is 0.976 bits per heavy atom. The molecule has 1 aliphatic heterocycles. The third-order valence-electron chi connectivity index (χ3n) is 6.71. The maximum atomic E-state index is 13.4. The molecule has 14 heteroatoms. The Morgan fingerprint density at radius 3 is 1.95 bits per heavy atom. The quantitative estimate of drug-likeness (QED) is 0.377. The van der Waals surface area contributed by atoms with Gasteiger partial charge in [0.25, 0.3) is 0 Å². The van der Waals surface area contributed by atoms with Gasteiger partial charge in [-0.3, -0.25) is 4.79 Å². The minimum atomic E-state index is -5.04. The van der Waals surface area contributed by atoms with Crippen LogP contribution in [0.4, 0.5) is 35.9 Å². The summed E-state index contributed by atoms with van der Waals surface area (Å²) in [5.41, 5.74) is -4.16. The zero-order chi connectivity index (χ0) is 31.3. The van der Waals surface area contributed by atoms with Crippen molar-refractivity contribution in [2.75, 3.05) is 20.7 Å². The molecule has 3 atom stereocenters. The molecule has 0 unspecified atom stereocenters. The van der Waals surface area contributed by atoms with Crippen LogP contribution in [0.25, 0.3) is 0 Å². The number of nitrogens with zero attached hydrogens (tertiary/aromatic N) is 2. The second-order valence-electron chi connectivity index (χ2n) is 11.1. The first-order valence-corrected chi connectivity index (χ1v) is 13.1. The van der Waals surface area contributed by atoms with Crippen LogP contribution in [0.2, 0.25) is 0 Å². The molecule has 1 aromatic carbocycles. The van der Waals surface area contributed by atoms with Crippen molar-refractivity contribution in [3.05, 3.63) is 34.9 Å². The molecule has 0 radical (unpaired) electrons. The van der Waals surface area contributed by atoms with E-state index in [1.807, 2.05) is 6.92 Å². The largest absolute Gasteiger partial charge is 0.453 e. The molecule has 2 rings (SSSR count).